The minimum Gasteiger partial charge on any atom is -0.462 e. The fraction of sp³-hybridized carbons (Fsp3) is 0.648. The Bertz CT molecular complexity index is 1650. The Morgan fingerprint density at radius 1 is 0.273 bits per heavy atom. The largest absolute Gasteiger partial charge is 0.462 e. The Morgan fingerprint density at radius 3 is 0.883 bits per heavy atom. The van der Waals surface area contributed by atoms with Crippen molar-refractivity contribution in [1.29, 1.82) is 0 Å². The van der Waals surface area contributed by atoms with E-state index in [2.05, 4.69) is 142 Å². The fourth-order valence-electron chi connectivity index (χ4n) is 8.45. The SMILES string of the molecule is CC/C=C\C/C=C\C/C=C\C/C=C\C/C=C\C/C=C\CCC(=O)OC(COC(=O)CCCC/C=C\C/C=C\C/C=C\C/C=C\CC)COC(=O)CCCCCCCCCCCCCCC/C=C\CCCCCCCCCC. The van der Waals surface area contributed by atoms with Crippen LogP contribution in [0.3, 0.4) is 0 Å². The minimum atomic E-state index is -0.841. The van der Waals surface area contributed by atoms with Gasteiger partial charge in [-0.1, -0.05) is 270 Å². The zero-order valence-electron chi connectivity index (χ0n) is 49.9. The molecule has 0 bridgehead atoms. The monoisotopic (exact) mass is 1060 g/mol. The molecule has 1 atom stereocenters. The number of allylic oxidation sites excluding steroid dienone is 22. The van der Waals surface area contributed by atoms with Gasteiger partial charge in [-0.25, -0.2) is 0 Å². The summed E-state index contributed by atoms with van der Waals surface area (Å²) in [5, 5.41) is 0. The van der Waals surface area contributed by atoms with E-state index in [0.29, 0.717) is 19.3 Å². The molecule has 0 amide bonds. The Labute approximate surface area is 475 Å². The van der Waals surface area contributed by atoms with Gasteiger partial charge in [0.1, 0.15) is 13.2 Å². The second-order valence-electron chi connectivity index (χ2n) is 20.5. The molecule has 0 radical (unpaired) electrons. The van der Waals surface area contributed by atoms with Gasteiger partial charge in [0.05, 0.1) is 0 Å². The van der Waals surface area contributed by atoms with Crippen LogP contribution in [0.2, 0.25) is 0 Å². The van der Waals surface area contributed by atoms with E-state index in [4.69, 9.17) is 14.2 Å². The maximum atomic E-state index is 12.9. The van der Waals surface area contributed by atoms with Crippen molar-refractivity contribution in [2.24, 2.45) is 0 Å². The fourth-order valence-corrected chi connectivity index (χ4v) is 8.45. The Morgan fingerprint density at radius 2 is 0.532 bits per heavy atom. The summed E-state index contributed by atoms with van der Waals surface area (Å²) >= 11 is 0. The third-order valence-corrected chi connectivity index (χ3v) is 13.1. The molecule has 0 saturated heterocycles. The normalized spacial score (nSPS) is 13.0. The first kappa shape index (κ1) is 72.5. The Kier molecular flexibility index (Phi) is 60.4. The van der Waals surface area contributed by atoms with E-state index in [1.54, 1.807) is 0 Å². The van der Waals surface area contributed by atoms with Gasteiger partial charge >= 0.3 is 17.9 Å². The quantitative estimate of drug-likeness (QED) is 0.0261. The van der Waals surface area contributed by atoms with Gasteiger partial charge in [-0.3, -0.25) is 14.4 Å². The molecule has 6 heteroatoms. The van der Waals surface area contributed by atoms with E-state index in [1.807, 2.05) is 12.2 Å². The standard InChI is InChI=1S/C71H116O6/c1-4-7-10-13-16-19-22-25-28-30-32-33-34-35-36-37-39-40-43-46-49-52-55-58-61-64-70(73)76-67-68(66-75-69(72)63-60-57-54-51-48-45-42-27-24-21-18-15-12-9-6-3)77-71(74)65-62-59-56-53-50-47-44-41-38-31-29-26-23-20-17-14-11-8-5-2/h8-9,11-12,17-18,20-21,26-27,29-30,32,38,41-42,47-48,50-51,56,59,68H,4-7,10,13-16,19,22-25,28,31,33-37,39-40,43-46,49,52-55,57-58,60-67H2,1-3H3/b11-8-,12-9-,20-17-,21-18-,29-26-,32-30-,41-38-,42-27-,50-47-,51-48-,59-56-. The van der Waals surface area contributed by atoms with Gasteiger partial charge in [0, 0.05) is 19.3 Å². The van der Waals surface area contributed by atoms with Crippen LogP contribution in [-0.4, -0.2) is 37.2 Å². The topological polar surface area (TPSA) is 78.9 Å². The first-order valence-electron chi connectivity index (χ1n) is 31.7. The summed E-state index contributed by atoms with van der Waals surface area (Å²) in [5.74, 6) is -1.05. The molecule has 0 aliphatic rings. The molecule has 0 heterocycles. The van der Waals surface area contributed by atoms with Gasteiger partial charge in [-0.15, -0.1) is 0 Å². The van der Waals surface area contributed by atoms with Crippen LogP contribution >= 0.6 is 0 Å². The number of ether oxygens (including phenoxy) is 3. The molecule has 0 aromatic heterocycles. The molecule has 0 spiro atoms. The first-order chi connectivity index (χ1) is 38.0. The average molecular weight is 1070 g/mol. The van der Waals surface area contributed by atoms with Crippen molar-refractivity contribution < 1.29 is 28.6 Å². The van der Waals surface area contributed by atoms with E-state index in [-0.39, 0.29) is 38.0 Å². The molecule has 0 aromatic rings. The lowest BCUT2D eigenvalue weighted by Gasteiger charge is -2.18. The van der Waals surface area contributed by atoms with Crippen LogP contribution in [0.15, 0.2) is 134 Å². The molecule has 0 rings (SSSR count). The second kappa shape index (κ2) is 64.1. The maximum absolute atomic E-state index is 12.9. The molecule has 6 nitrogen and oxygen atoms in total. The highest BCUT2D eigenvalue weighted by Crippen LogP contribution is 2.15. The zero-order valence-corrected chi connectivity index (χ0v) is 49.9. The molecule has 0 fully saturated rings. The number of hydrogen-bond donors (Lipinski definition) is 0. The van der Waals surface area contributed by atoms with Crippen molar-refractivity contribution in [3.8, 4) is 0 Å². The predicted molar refractivity (Wildman–Crippen MR) is 334 cm³/mol. The maximum Gasteiger partial charge on any atom is 0.306 e. The molecule has 0 N–H and O–H groups in total. The van der Waals surface area contributed by atoms with Crippen molar-refractivity contribution in [2.45, 2.75) is 284 Å². The molecule has 0 aliphatic heterocycles. The Balaban J connectivity index is 4.46. The van der Waals surface area contributed by atoms with Gasteiger partial charge < -0.3 is 14.2 Å². The van der Waals surface area contributed by atoms with Gasteiger partial charge in [0.25, 0.3) is 0 Å². The van der Waals surface area contributed by atoms with Crippen molar-refractivity contribution >= 4 is 17.9 Å². The molecule has 436 valence electrons. The van der Waals surface area contributed by atoms with Crippen molar-refractivity contribution in [1.82, 2.24) is 0 Å². The van der Waals surface area contributed by atoms with Crippen LogP contribution in [-0.2, 0) is 28.6 Å². The molecule has 77 heavy (non-hydrogen) atoms. The van der Waals surface area contributed by atoms with Crippen molar-refractivity contribution in [3.63, 3.8) is 0 Å². The summed E-state index contributed by atoms with van der Waals surface area (Å²) < 4.78 is 16.8. The summed E-state index contributed by atoms with van der Waals surface area (Å²) in [6.07, 6.45) is 90.5. The summed E-state index contributed by atoms with van der Waals surface area (Å²) in [4.78, 5) is 38.2. The van der Waals surface area contributed by atoms with E-state index in [0.717, 1.165) is 96.3 Å². The first-order valence-corrected chi connectivity index (χ1v) is 31.7. The summed E-state index contributed by atoms with van der Waals surface area (Å²) in [6, 6.07) is 0. The highest BCUT2D eigenvalue weighted by molar-refractivity contribution is 5.71. The number of carbonyl (C=O) groups excluding carboxylic acids is 3. The number of hydrogen-bond acceptors (Lipinski definition) is 6. The molecular formula is C71H116O6. The van der Waals surface area contributed by atoms with Gasteiger partial charge in [0.2, 0.25) is 0 Å². The molecule has 0 saturated carbocycles. The molecule has 0 aliphatic carbocycles. The third kappa shape index (κ3) is 62.3. The smallest absolute Gasteiger partial charge is 0.306 e. The number of rotatable bonds is 56. The lowest BCUT2D eigenvalue weighted by molar-refractivity contribution is -0.166. The number of carbonyl (C=O) groups is 3. The van der Waals surface area contributed by atoms with Crippen LogP contribution < -0.4 is 0 Å². The molecule has 0 aromatic carbocycles. The van der Waals surface area contributed by atoms with Crippen LogP contribution in [0.5, 0.6) is 0 Å². The third-order valence-electron chi connectivity index (χ3n) is 13.1. The summed E-state index contributed by atoms with van der Waals surface area (Å²) in [7, 11) is 0. The second-order valence-corrected chi connectivity index (χ2v) is 20.5. The number of unbranched alkanes of at least 4 members (excludes halogenated alkanes) is 23. The van der Waals surface area contributed by atoms with E-state index < -0.39 is 12.1 Å². The lowest BCUT2D eigenvalue weighted by atomic mass is 10.0. The van der Waals surface area contributed by atoms with E-state index in [9.17, 15) is 14.4 Å². The average Bonchev–Trinajstić information content (AvgIpc) is 3.43. The Hall–Kier alpha value is -4.45. The van der Waals surface area contributed by atoms with Crippen LogP contribution in [0.1, 0.15) is 278 Å². The van der Waals surface area contributed by atoms with Crippen molar-refractivity contribution in [2.75, 3.05) is 13.2 Å². The van der Waals surface area contributed by atoms with E-state index >= 15 is 0 Å². The minimum absolute atomic E-state index is 0.125. The summed E-state index contributed by atoms with van der Waals surface area (Å²) in [5.41, 5.74) is 0. The molecular weight excluding hydrogens is 949 g/mol. The highest BCUT2D eigenvalue weighted by Gasteiger charge is 2.19. The zero-order chi connectivity index (χ0) is 55.7. The lowest BCUT2D eigenvalue weighted by Crippen LogP contribution is -2.30. The predicted octanol–water partition coefficient (Wildman–Crippen LogP) is 21.8. The molecule has 1 unspecified atom stereocenters. The van der Waals surface area contributed by atoms with Crippen LogP contribution in [0.25, 0.3) is 0 Å². The van der Waals surface area contributed by atoms with Gasteiger partial charge in [0.15, 0.2) is 6.10 Å². The van der Waals surface area contributed by atoms with Gasteiger partial charge in [-0.2, -0.15) is 0 Å². The summed E-state index contributed by atoms with van der Waals surface area (Å²) in [6.45, 7) is 6.32. The van der Waals surface area contributed by atoms with Gasteiger partial charge in [-0.05, 0) is 122 Å². The van der Waals surface area contributed by atoms with Crippen LogP contribution in [0, 0.1) is 0 Å². The van der Waals surface area contributed by atoms with Crippen molar-refractivity contribution in [3.05, 3.63) is 134 Å². The number of esters is 3. The van der Waals surface area contributed by atoms with E-state index in [1.165, 1.54) is 128 Å². The van der Waals surface area contributed by atoms with Crippen LogP contribution in [0.4, 0.5) is 0 Å². The highest BCUT2D eigenvalue weighted by atomic mass is 16.6.